The molecule has 0 aromatic heterocycles. The van der Waals surface area contributed by atoms with E-state index >= 15 is 0 Å². The van der Waals surface area contributed by atoms with E-state index in [-0.39, 0.29) is 5.54 Å². The van der Waals surface area contributed by atoms with Gasteiger partial charge in [-0.3, -0.25) is 4.90 Å². The molecule has 1 aliphatic rings. The molecule has 0 saturated carbocycles. The lowest BCUT2D eigenvalue weighted by Crippen LogP contribution is -2.51. The molecule has 0 amide bonds. The second kappa shape index (κ2) is 7.77. The van der Waals surface area contributed by atoms with Crippen molar-refractivity contribution >= 4 is 0 Å². The van der Waals surface area contributed by atoms with Crippen molar-refractivity contribution in [3.05, 3.63) is 0 Å². The number of nitrogens with zero attached hydrogens (tertiary/aromatic N) is 2. The van der Waals surface area contributed by atoms with Crippen LogP contribution in [0.15, 0.2) is 0 Å². The number of hydrogen-bond acceptors (Lipinski definition) is 3. The molecule has 1 aliphatic heterocycles. The zero-order valence-corrected chi connectivity index (χ0v) is 14.9. The summed E-state index contributed by atoms with van der Waals surface area (Å²) in [6.07, 6.45) is 2.74. The van der Waals surface area contributed by atoms with E-state index in [9.17, 15) is 0 Å². The highest BCUT2D eigenvalue weighted by atomic mass is 15.2. The van der Waals surface area contributed by atoms with Crippen molar-refractivity contribution in [1.29, 1.82) is 0 Å². The lowest BCUT2D eigenvalue weighted by atomic mass is 10.00. The molecule has 2 atom stereocenters. The summed E-state index contributed by atoms with van der Waals surface area (Å²) in [5.41, 5.74) is 0.205. The smallest absolute Gasteiger partial charge is 0.0241 e. The lowest BCUT2D eigenvalue weighted by molar-refractivity contribution is 0.131. The van der Waals surface area contributed by atoms with Gasteiger partial charge in [0, 0.05) is 30.7 Å². The van der Waals surface area contributed by atoms with Crippen LogP contribution in [0.4, 0.5) is 0 Å². The molecule has 2 unspecified atom stereocenters. The van der Waals surface area contributed by atoms with E-state index in [0.29, 0.717) is 12.0 Å². The predicted molar refractivity (Wildman–Crippen MR) is 89.3 cm³/mol. The third-order valence-corrected chi connectivity index (χ3v) is 4.58. The maximum absolute atomic E-state index is 3.68. The van der Waals surface area contributed by atoms with E-state index in [2.05, 4.69) is 63.7 Å². The fourth-order valence-electron chi connectivity index (χ4n) is 3.30. The number of nitrogens with one attached hydrogen (secondary N) is 1. The fraction of sp³-hybridized carbons (Fsp3) is 1.00. The van der Waals surface area contributed by atoms with Crippen LogP contribution >= 0.6 is 0 Å². The van der Waals surface area contributed by atoms with Gasteiger partial charge in [-0.25, -0.2) is 0 Å². The largest absolute Gasteiger partial charge is 0.311 e. The normalized spacial score (nSPS) is 22.9. The SMILES string of the molecule is CCN1CCCC1CN(C)C(CNC(C)(C)C)C(C)C. The highest BCUT2D eigenvalue weighted by molar-refractivity contribution is 4.85. The van der Waals surface area contributed by atoms with Gasteiger partial charge in [-0.05, 0) is 59.7 Å². The van der Waals surface area contributed by atoms with Crippen LogP contribution in [0.1, 0.15) is 54.4 Å². The summed E-state index contributed by atoms with van der Waals surface area (Å²) in [6, 6.07) is 1.38. The van der Waals surface area contributed by atoms with Crippen LogP contribution in [-0.4, -0.2) is 60.6 Å². The summed E-state index contributed by atoms with van der Waals surface area (Å²) in [5.74, 6) is 0.686. The van der Waals surface area contributed by atoms with Crippen molar-refractivity contribution in [3.8, 4) is 0 Å². The Labute approximate surface area is 127 Å². The molecule has 0 spiro atoms. The number of rotatable bonds is 7. The van der Waals surface area contributed by atoms with Crippen LogP contribution in [0.5, 0.6) is 0 Å². The van der Waals surface area contributed by atoms with Gasteiger partial charge < -0.3 is 10.2 Å². The van der Waals surface area contributed by atoms with Crippen LogP contribution in [0.2, 0.25) is 0 Å². The number of hydrogen-bond donors (Lipinski definition) is 1. The first kappa shape index (κ1) is 17.9. The van der Waals surface area contributed by atoms with Gasteiger partial charge in [0.15, 0.2) is 0 Å². The summed E-state index contributed by atoms with van der Waals surface area (Å²) in [4.78, 5) is 5.23. The average Bonchev–Trinajstić information content (AvgIpc) is 2.74. The van der Waals surface area contributed by atoms with E-state index in [1.807, 2.05) is 0 Å². The Bertz CT molecular complexity index is 270. The van der Waals surface area contributed by atoms with E-state index < -0.39 is 0 Å². The van der Waals surface area contributed by atoms with Gasteiger partial charge in [-0.15, -0.1) is 0 Å². The molecule has 0 radical (unpaired) electrons. The summed E-state index contributed by atoms with van der Waals surface area (Å²) in [7, 11) is 2.31. The van der Waals surface area contributed by atoms with Gasteiger partial charge in [0.2, 0.25) is 0 Å². The Balaban J connectivity index is 2.53. The zero-order valence-electron chi connectivity index (χ0n) is 14.9. The first-order valence-electron chi connectivity index (χ1n) is 8.44. The summed E-state index contributed by atoms with van der Waals surface area (Å²) in [5, 5.41) is 3.68. The lowest BCUT2D eigenvalue weighted by Gasteiger charge is -2.37. The Kier molecular flexibility index (Phi) is 6.96. The third-order valence-electron chi connectivity index (χ3n) is 4.58. The molecular formula is C17H37N3. The van der Waals surface area contributed by atoms with Crippen LogP contribution in [-0.2, 0) is 0 Å². The van der Waals surface area contributed by atoms with E-state index in [4.69, 9.17) is 0 Å². The highest BCUT2D eigenvalue weighted by Crippen LogP contribution is 2.19. The zero-order chi connectivity index (χ0) is 15.3. The van der Waals surface area contributed by atoms with E-state index in [1.165, 1.54) is 32.5 Å². The second-order valence-electron chi connectivity index (χ2n) is 7.81. The standard InChI is InChI=1S/C17H37N3/c1-8-20-11-9-10-15(20)13-19(7)16(14(2)3)12-18-17(4,5)6/h14-16,18H,8-13H2,1-7H3. The van der Waals surface area contributed by atoms with Crippen molar-refractivity contribution in [2.45, 2.75) is 72.0 Å². The molecule has 120 valence electrons. The predicted octanol–water partition coefficient (Wildman–Crippen LogP) is 2.82. The summed E-state index contributed by atoms with van der Waals surface area (Å²) < 4.78 is 0. The van der Waals surface area contributed by atoms with Gasteiger partial charge in [-0.1, -0.05) is 20.8 Å². The van der Waals surface area contributed by atoms with Crippen LogP contribution in [0.25, 0.3) is 0 Å². The van der Waals surface area contributed by atoms with Crippen LogP contribution < -0.4 is 5.32 Å². The quantitative estimate of drug-likeness (QED) is 0.775. The van der Waals surface area contributed by atoms with E-state index in [0.717, 1.165) is 12.6 Å². The molecule has 3 heteroatoms. The Morgan fingerprint density at radius 2 is 1.95 bits per heavy atom. The van der Waals surface area contributed by atoms with Crippen molar-refractivity contribution in [1.82, 2.24) is 15.1 Å². The van der Waals surface area contributed by atoms with Gasteiger partial charge in [0.25, 0.3) is 0 Å². The fourth-order valence-corrected chi connectivity index (χ4v) is 3.30. The Hall–Kier alpha value is -0.120. The molecule has 1 rings (SSSR count). The molecule has 0 aromatic carbocycles. The average molecular weight is 284 g/mol. The molecule has 1 N–H and O–H groups in total. The molecular weight excluding hydrogens is 246 g/mol. The molecule has 0 aromatic rings. The second-order valence-corrected chi connectivity index (χ2v) is 7.81. The van der Waals surface area contributed by atoms with Gasteiger partial charge in [0.1, 0.15) is 0 Å². The maximum atomic E-state index is 3.68. The van der Waals surface area contributed by atoms with E-state index in [1.54, 1.807) is 0 Å². The third kappa shape index (κ3) is 5.71. The minimum absolute atomic E-state index is 0.205. The first-order valence-corrected chi connectivity index (χ1v) is 8.44. The van der Waals surface area contributed by atoms with Gasteiger partial charge in [-0.2, -0.15) is 0 Å². The summed E-state index contributed by atoms with van der Waals surface area (Å²) >= 11 is 0. The molecule has 3 nitrogen and oxygen atoms in total. The van der Waals surface area contributed by atoms with Crippen molar-refractivity contribution < 1.29 is 0 Å². The van der Waals surface area contributed by atoms with Gasteiger partial charge >= 0.3 is 0 Å². The molecule has 0 bridgehead atoms. The number of likely N-dealkylation sites (tertiary alicyclic amines) is 1. The van der Waals surface area contributed by atoms with Crippen molar-refractivity contribution in [3.63, 3.8) is 0 Å². The highest BCUT2D eigenvalue weighted by Gasteiger charge is 2.28. The minimum atomic E-state index is 0.205. The topological polar surface area (TPSA) is 18.5 Å². The molecule has 0 aliphatic carbocycles. The Morgan fingerprint density at radius 3 is 2.45 bits per heavy atom. The van der Waals surface area contributed by atoms with Crippen LogP contribution in [0.3, 0.4) is 0 Å². The number of likely N-dealkylation sites (N-methyl/N-ethyl adjacent to an activating group) is 2. The van der Waals surface area contributed by atoms with Crippen LogP contribution in [0, 0.1) is 5.92 Å². The molecule has 1 saturated heterocycles. The maximum Gasteiger partial charge on any atom is 0.0241 e. The molecule has 1 fully saturated rings. The summed E-state index contributed by atoms with van der Waals surface area (Å²) in [6.45, 7) is 18.5. The monoisotopic (exact) mass is 283 g/mol. The van der Waals surface area contributed by atoms with Crippen molar-refractivity contribution in [2.75, 3.05) is 33.2 Å². The minimum Gasteiger partial charge on any atom is -0.311 e. The first-order chi connectivity index (χ1) is 9.24. The van der Waals surface area contributed by atoms with Crippen molar-refractivity contribution in [2.24, 2.45) is 5.92 Å². The van der Waals surface area contributed by atoms with Gasteiger partial charge in [0.05, 0.1) is 0 Å². The Morgan fingerprint density at radius 1 is 1.30 bits per heavy atom. The molecule has 1 heterocycles. The molecule has 20 heavy (non-hydrogen) atoms.